The van der Waals surface area contributed by atoms with Gasteiger partial charge in [0, 0.05) is 16.4 Å². The minimum atomic E-state index is -1.65. The van der Waals surface area contributed by atoms with Crippen LogP contribution in [-0.4, -0.2) is 25.5 Å². The number of hydrogen-bond donors (Lipinski definition) is 1. The largest absolute Gasteiger partial charge is 0.314 e. The second kappa shape index (κ2) is 7.57. The van der Waals surface area contributed by atoms with Crippen LogP contribution in [0.5, 0.6) is 0 Å². The Labute approximate surface area is 197 Å². The molecule has 1 heterocycles. The van der Waals surface area contributed by atoms with E-state index in [1.807, 2.05) is 0 Å². The van der Waals surface area contributed by atoms with E-state index in [0.717, 1.165) is 35.3 Å². The van der Waals surface area contributed by atoms with E-state index < -0.39 is 8.07 Å². The van der Waals surface area contributed by atoms with E-state index in [1.54, 1.807) is 11.1 Å². The number of alkyl halides is 1. The molecule has 0 radical (unpaired) electrons. The fraction of sp³-hybridized carbons (Fsp3) is 0.571. The van der Waals surface area contributed by atoms with Crippen LogP contribution >= 0.6 is 15.9 Å². The lowest BCUT2D eigenvalue weighted by molar-refractivity contribution is 0.137. The van der Waals surface area contributed by atoms with Crippen molar-refractivity contribution in [3.8, 4) is 11.1 Å². The van der Waals surface area contributed by atoms with Gasteiger partial charge < -0.3 is 5.32 Å². The third-order valence-electron chi connectivity index (χ3n) is 9.69. The summed E-state index contributed by atoms with van der Waals surface area (Å²) in [6.45, 7) is 9.30. The second-order valence-corrected chi connectivity index (χ2v) is 17.5. The van der Waals surface area contributed by atoms with Gasteiger partial charge in [-0.3, -0.25) is 0 Å². The first-order valence-electron chi connectivity index (χ1n) is 12.5. The standard InChI is InChI=1S/C28H36BrNSi/c1-17-15-23-24(16-25-22(26(23)29)13-8-14-30-25)27(17)31(2,3)28-20-11-6-4-9-18(20)19-10-5-7-12-21(19)28/h4-7,9-12,17,22-28,30H,8,13-16H2,1-3H3. The highest BCUT2D eigenvalue weighted by Crippen LogP contribution is 2.63. The monoisotopic (exact) mass is 493 g/mol. The van der Waals surface area contributed by atoms with Crippen LogP contribution in [0.15, 0.2) is 48.5 Å². The molecule has 6 rings (SSSR count). The second-order valence-electron chi connectivity index (χ2n) is 11.5. The summed E-state index contributed by atoms with van der Waals surface area (Å²) in [5.41, 5.74) is 7.78. The highest BCUT2D eigenvalue weighted by atomic mass is 79.9. The summed E-state index contributed by atoms with van der Waals surface area (Å²) in [6, 6.07) is 19.4. The summed E-state index contributed by atoms with van der Waals surface area (Å²) in [5, 5.41) is 3.94. The van der Waals surface area contributed by atoms with Crippen LogP contribution in [-0.2, 0) is 0 Å². The van der Waals surface area contributed by atoms with Crippen LogP contribution in [0.25, 0.3) is 11.1 Å². The molecule has 3 fully saturated rings. The first kappa shape index (κ1) is 20.7. The molecule has 1 aliphatic heterocycles. The van der Waals surface area contributed by atoms with Gasteiger partial charge in [0.25, 0.3) is 0 Å². The van der Waals surface area contributed by atoms with Crippen molar-refractivity contribution in [2.45, 2.75) is 67.7 Å². The average Bonchev–Trinajstić information content (AvgIpc) is 3.29. The molecule has 1 N–H and O–H groups in total. The Morgan fingerprint density at radius 1 is 0.871 bits per heavy atom. The molecule has 0 spiro atoms. The van der Waals surface area contributed by atoms with E-state index in [1.165, 1.54) is 43.4 Å². The summed E-state index contributed by atoms with van der Waals surface area (Å²) >= 11 is 4.27. The molecular formula is C28H36BrNSi. The summed E-state index contributed by atoms with van der Waals surface area (Å²) in [7, 11) is -1.65. The van der Waals surface area contributed by atoms with E-state index in [2.05, 4.69) is 89.8 Å². The van der Waals surface area contributed by atoms with Crippen molar-refractivity contribution >= 4 is 24.0 Å². The Kier molecular flexibility index (Phi) is 5.05. The van der Waals surface area contributed by atoms with Gasteiger partial charge in [-0.25, -0.2) is 0 Å². The summed E-state index contributed by atoms with van der Waals surface area (Å²) in [5.74, 6) is 3.45. The molecule has 0 aromatic heterocycles. The van der Waals surface area contributed by atoms with Gasteiger partial charge in [-0.1, -0.05) is 84.5 Å². The fourth-order valence-electron chi connectivity index (χ4n) is 8.79. The smallest absolute Gasteiger partial charge is 0.0640 e. The van der Waals surface area contributed by atoms with E-state index in [9.17, 15) is 0 Å². The quantitative estimate of drug-likeness (QED) is 0.343. The first-order chi connectivity index (χ1) is 15.0. The molecule has 3 aliphatic carbocycles. The van der Waals surface area contributed by atoms with Crippen LogP contribution in [0, 0.1) is 23.7 Å². The maximum absolute atomic E-state index is 4.27. The van der Waals surface area contributed by atoms with Crippen LogP contribution < -0.4 is 5.32 Å². The molecule has 7 atom stereocenters. The van der Waals surface area contributed by atoms with E-state index in [0.29, 0.717) is 10.4 Å². The molecule has 2 aromatic carbocycles. The molecule has 2 aromatic rings. The third kappa shape index (κ3) is 3.02. The van der Waals surface area contributed by atoms with Gasteiger partial charge in [0.1, 0.15) is 0 Å². The molecular weight excluding hydrogens is 458 g/mol. The zero-order chi connectivity index (χ0) is 21.3. The van der Waals surface area contributed by atoms with Crippen molar-refractivity contribution in [3.63, 3.8) is 0 Å². The molecule has 7 unspecified atom stereocenters. The molecule has 0 amide bonds. The summed E-state index contributed by atoms with van der Waals surface area (Å²) < 4.78 is 0. The molecule has 0 bridgehead atoms. The number of piperidine rings is 1. The molecule has 31 heavy (non-hydrogen) atoms. The van der Waals surface area contributed by atoms with Crippen molar-refractivity contribution in [1.29, 1.82) is 0 Å². The van der Waals surface area contributed by atoms with Gasteiger partial charge in [0.2, 0.25) is 0 Å². The summed E-state index contributed by atoms with van der Waals surface area (Å²) in [6.07, 6.45) is 5.62. The Morgan fingerprint density at radius 2 is 1.52 bits per heavy atom. The van der Waals surface area contributed by atoms with E-state index in [4.69, 9.17) is 0 Å². The Morgan fingerprint density at radius 3 is 2.19 bits per heavy atom. The van der Waals surface area contributed by atoms with Gasteiger partial charge in [-0.2, -0.15) is 0 Å². The summed E-state index contributed by atoms with van der Waals surface area (Å²) in [4.78, 5) is 0.712. The minimum absolute atomic E-state index is 0.636. The Balaban J connectivity index is 1.41. The number of fused-ring (bicyclic) bond motifs is 5. The Bertz CT molecular complexity index is 941. The van der Waals surface area contributed by atoms with Crippen molar-refractivity contribution < 1.29 is 0 Å². The van der Waals surface area contributed by atoms with Crippen LogP contribution in [0.1, 0.15) is 49.3 Å². The zero-order valence-corrected chi connectivity index (χ0v) is 21.7. The molecule has 1 nitrogen and oxygen atoms in total. The highest BCUT2D eigenvalue weighted by molar-refractivity contribution is 9.09. The van der Waals surface area contributed by atoms with Crippen molar-refractivity contribution in [1.82, 2.24) is 5.32 Å². The van der Waals surface area contributed by atoms with Crippen LogP contribution in [0.4, 0.5) is 0 Å². The molecule has 164 valence electrons. The van der Waals surface area contributed by atoms with Gasteiger partial charge in [0.15, 0.2) is 0 Å². The van der Waals surface area contributed by atoms with Gasteiger partial charge in [-0.15, -0.1) is 0 Å². The Hall–Kier alpha value is -0.903. The predicted molar refractivity (Wildman–Crippen MR) is 138 cm³/mol. The fourth-order valence-corrected chi connectivity index (χ4v) is 15.6. The van der Waals surface area contributed by atoms with Crippen molar-refractivity contribution in [2.75, 3.05) is 6.54 Å². The van der Waals surface area contributed by atoms with Crippen LogP contribution in [0.3, 0.4) is 0 Å². The molecule has 3 heteroatoms. The van der Waals surface area contributed by atoms with E-state index in [-0.39, 0.29) is 0 Å². The maximum Gasteiger partial charge on any atom is 0.0640 e. The number of halogens is 1. The van der Waals surface area contributed by atoms with Crippen molar-refractivity contribution in [2.24, 2.45) is 23.7 Å². The first-order valence-corrected chi connectivity index (χ1v) is 16.6. The maximum atomic E-state index is 4.27. The van der Waals surface area contributed by atoms with E-state index >= 15 is 0 Å². The number of nitrogens with one attached hydrogen (secondary N) is 1. The minimum Gasteiger partial charge on any atom is -0.314 e. The number of benzene rings is 2. The highest BCUT2D eigenvalue weighted by Gasteiger charge is 2.58. The van der Waals surface area contributed by atoms with Crippen molar-refractivity contribution in [3.05, 3.63) is 59.7 Å². The lowest BCUT2D eigenvalue weighted by Crippen LogP contribution is -2.54. The average molecular weight is 495 g/mol. The van der Waals surface area contributed by atoms with Gasteiger partial charge >= 0.3 is 0 Å². The molecule has 4 aliphatic rings. The van der Waals surface area contributed by atoms with Gasteiger partial charge in [0.05, 0.1) is 8.07 Å². The number of hydrogen-bond acceptors (Lipinski definition) is 1. The number of rotatable bonds is 2. The lowest BCUT2D eigenvalue weighted by Gasteiger charge is -2.50. The molecule has 2 saturated carbocycles. The lowest BCUT2D eigenvalue weighted by atomic mass is 9.70. The predicted octanol–water partition coefficient (Wildman–Crippen LogP) is 7.22. The SMILES string of the molecule is CC1CC2C(Br)C3CCCNC3CC2C1[Si](C)(C)C1c2ccccc2-c2ccccc21. The normalized spacial score (nSPS) is 37.1. The third-order valence-corrected chi connectivity index (χ3v) is 15.9. The topological polar surface area (TPSA) is 12.0 Å². The molecule has 1 saturated heterocycles. The van der Waals surface area contributed by atoms with Gasteiger partial charge in [-0.05, 0) is 83.7 Å². The zero-order valence-electron chi connectivity index (χ0n) is 19.2. The van der Waals surface area contributed by atoms with Crippen LogP contribution in [0.2, 0.25) is 18.6 Å².